The van der Waals surface area contributed by atoms with Gasteiger partial charge in [0.25, 0.3) is 0 Å². The highest BCUT2D eigenvalue weighted by atomic mass is 16.5. The summed E-state index contributed by atoms with van der Waals surface area (Å²) in [5, 5.41) is 20.2. The summed E-state index contributed by atoms with van der Waals surface area (Å²) in [5.41, 5.74) is 10.6. The minimum Gasteiger partial charge on any atom is -0.473 e. The highest BCUT2D eigenvalue weighted by molar-refractivity contribution is 6.11. The summed E-state index contributed by atoms with van der Waals surface area (Å²) in [4.78, 5) is 17.6. The van der Waals surface area contributed by atoms with Gasteiger partial charge in [-0.1, -0.05) is 6.58 Å². The Hall–Kier alpha value is -4.16. The number of pyridine rings is 1. The van der Waals surface area contributed by atoms with Gasteiger partial charge >= 0.3 is 0 Å². The maximum atomic E-state index is 13.2. The first kappa shape index (κ1) is 23.0. The number of carbonyl (C=O) groups excluding carboxylic acids is 1. The minimum absolute atomic E-state index is 0.0465. The van der Waals surface area contributed by atoms with Crippen molar-refractivity contribution < 1.29 is 9.53 Å². The molecule has 1 aliphatic rings. The molecule has 2 aromatic heterocycles. The van der Waals surface area contributed by atoms with Crippen LogP contribution in [0.5, 0.6) is 5.88 Å². The number of nitrogen functional groups attached to an aromatic ring is 1. The molecule has 0 spiro atoms. The minimum atomic E-state index is -0.336. The van der Waals surface area contributed by atoms with E-state index in [1.54, 1.807) is 35.0 Å². The lowest BCUT2D eigenvalue weighted by Gasteiger charge is -2.15. The Morgan fingerprint density at radius 2 is 2.15 bits per heavy atom. The highest BCUT2D eigenvalue weighted by Crippen LogP contribution is 2.31. The van der Waals surface area contributed by atoms with E-state index in [-0.39, 0.29) is 17.6 Å². The van der Waals surface area contributed by atoms with Crippen molar-refractivity contribution in [1.29, 1.82) is 5.26 Å². The van der Waals surface area contributed by atoms with E-state index in [4.69, 9.17) is 10.5 Å². The number of carbonyl (C=O) groups is 1. The number of anilines is 2. The number of hydrogen-bond acceptors (Lipinski definition) is 8. The van der Waals surface area contributed by atoms with Gasteiger partial charge in [-0.15, -0.1) is 0 Å². The van der Waals surface area contributed by atoms with Gasteiger partial charge in [0.15, 0.2) is 5.82 Å². The van der Waals surface area contributed by atoms with Crippen molar-refractivity contribution >= 4 is 17.3 Å². The number of aryl methyl sites for hydroxylation is 2. The first-order valence-corrected chi connectivity index (χ1v) is 11.0. The van der Waals surface area contributed by atoms with E-state index in [2.05, 4.69) is 33.4 Å². The summed E-state index contributed by atoms with van der Waals surface area (Å²) in [6.45, 7) is 9.37. The second kappa shape index (κ2) is 9.37. The maximum Gasteiger partial charge on any atom is 0.215 e. The molecule has 4 N–H and O–H groups in total. The number of aromatic nitrogens is 3. The van der Waals surface area contributed by atoms with Crippen LogP contribution in [-0.2, 0) is 7.05 Å². The number of nitriles is 1. The Labute approximate surface area is 198 Å². The maximum absolute atomic E-state index is 13.2. The Kier molecular flexibility index (Phi) is 6.34. The largest absolute Gasteiger partial charge is 0.473 e. The third-order valence-electron chi connectivity index (χ3n) is 5.93. The van der Waals surface area contributed by atoms with Crippen LogP contribution in [0.15, 0.2) is 42.6 Å². The molecule has 0 saturated carbocycles. The van der Waals surface area contributed by atoms with E-state index in [0.29, 0.717) is 34.1 Å². The first-order valence-electron chi connectivity index (χ1n) is 11.0. The van der Waals surface area contributed by atoms with Gasteiger partial charge in [-0.05, 0) is 51.1 Å². The van der Waals surface area contributed by atoms with Crippen molar-refractivity contribution in [2.24, 2.45) is 7.05 Å². The molecule has 9 nitrogen and oxygen atoms in total. The van der Waals surface area contributed by atoms with Crippen LogP contribution in [0.25, 0.3) is 11.1 Å². The van der Waals surface area contributed by atoms with Crippen molar-refractivity contribution in [2.75, 3.05) is 24.1 Å². The van der Waals surface area contributed by atoms with Crippen molar-refractivity contribution in [3.8, 4) is 23.1 Å². The molecule has 0 bridgehead atoms. The second-order valence-electron chi connectivity index (χ2n) is 8.29. The number of benzene rings is 1. The summed E-state index contributed by atoms with van der Waals surface area (Å²) in [6.07, 6.45) is 0.946. The van der Waals surface area contributed by atoms with Crippen LogP contribution in [0, 0.1) is 25.2 Å². The van der Waals surface area contributed by atoms with E-state index in [9.17, 15) is 10.1 Å². The van der Waals surface area contributed by atoms with Crippen LogP contribution in [-0.4, -0.2) is 39.7 Å². The number of allylic oxidation sites excluding steroid dienone is 1. The molecule has 1 aromatic carbocycles. The van der Waals surface area contributed by atoms with Gasteiger partial charge in [0.1, 0.15) is 6.10 Å². The Morgan fingerprint density at radius 1 is 1.35 bits per heavy atom. The van der Waals surface area contributed by atoms with Crippen molar-refractivity contribution in [1.82, 2.24) is 20.1 Å². The van der Waals surface area contributed by atoms with Crippen LogP contribution in [0.4, 0.5) is 11.5 Å². The average Bonchev–Trinajstić information content (AvgIpc) is 3.42. The SMILES string of the molecule is C=C(Nc1nc(OC2CCNC2)ccc1N)C(=O)c1ccc(C#N)c(-c2c(C)nn(C)c2C)c1. The summed E-state index contributed by atoms with van der Waals surface area (Å²) in [6, 6.07) is 10.5. The smallest absolute Gasteiger partial charge is 0.215 e. The van der Waals surface area contributed by atoms with Gasteiger partial charge in [0.2, 0.25) is 11.7 Å². The fourth-order valence-corrected chi connectivity index (χ4v) is 4.04. The van der Waals surface area contributed by atoms with Crippen LogP contribution >= 0.6 is 0 Å². The molecule has 3 aromatic rings. The fraction of sp³-hybridized carbons (Fsp3) is 0.280. The molecule has 1 fully saturated rings. The zero-order valence-electron chi connectivity index (χ0n) is 19.5. The van der Waals surface area contributed by atoms with Crippen molar-refractivity contribution in [3.63, 3.8) is 0 Å². The van der Waals surface area contributed by atoms with Gasteiger partial charge in [0.05, 0.1) is 28.7 Å². The second-order valence-corrected chi connectivity index (χ2v) is 8.29. The zero-order valence-corrected chi connectivity index (χ0v) is 19.5. The van der Waals surface area contributed by atoms with E-state index in [1.165, 1.54) is 0 Å². The molecular weight excluding hydrogens is 430 g/mol. The first-order chi connectivity index (χ1) is 16.3. The van der Waals surface area contributed by atoms with Crippen LogP contribution in [0.2, 0.25) is 0 Å². The molecule has 1 unspecified atom stereocenters. The predicted octanol–water partition coefficient (Wildman–Crippen LogP) is 3.10. The molecule has 0 aliphatic carbocycles. The molecule has 1 saturated heterocycles. The Bertz CT molecular complexity index is 1310. The van der Waals surface area contributed by atoms with E-state index >= 15 is 0 Å². The molecule has 1 aliphatic heterocycles. The fourth-order valence-electron chi connectivity index (χ4n) is 4.04. The highest BCUT2D eigenvalue weighted by Gasteiger charge is 2.20. The van der Waals surface area contributed by atoms with Crippen molar-refractivity contribution in [3.05, 3.63) is 65.1 Å². The van der Waals surface area contributed by atoms with Crippen molar-refractivity contribution in [2.45, 2.75) is 26.4 Å². The average molecular weight is 458 g/mol. The van der Waals surface area contributed by atoms with E-state index < -0.39 is 0 Å². The number of hydrogen-bond donors (Lipinski definition) is 3. The van der Waals surface area contributed by atoms with Gasteiger partial charge < -0.3 is 21.1 Å². The monoisotopic (exact) mass is 457 g/mol. The quantitative estimate of drug-likeness (QED) is 0.364. The molecule has 174 valence electrons. The normalized spacial score (nSPS) is 15.1. The molecule has 0 amide bonds. The third kappa shape index (κ3) is 4.49. The standard InChI is InChI=1S/C25H27N7O2/c1-14-23(16(3)32(4)31-14)20-11-17(5-6-18(20)12-26)24(33)15(2)29-25-21(27)7-8-22(30-25)34-19-9-10-28-13-19/h5-8,11,19,28H,2,9-10,13,27H2,1,3-4H3,(H,29,30). The zero-order chi connectivity index (χ0) is 24.4. The molecule has 3 heterocycles. The van der Waals surface area contributed by atoms with Gasteiger partial charge in [-0.25, -0.2) is 0 Å². The van der Waals surface area contributed by atoms with E-state index in [1.807, 2.05) is 20.9 Å². The van der Waals surface area contributed by atoms with Gasteiger partial charge in [-0.3, -0.25) is 9.48 Å². The molecule has 9 heteroatoms. The summed E-state index contributed by atoms with van der Waals surface area (Å²) in [7, 11) is 1.84. The molecule has 1 atom stereocenters. The lowest BCUT2D eigenvalue weighted by Crippen LogP contribution is -2.20. The van der Waals surface area contributed by atoms with Crippen LogP contribution < -0.4 is 21.1 Å². The lowest BCUT2D eigenvalue weighted by molar-refractivity contribution is 0.103. The summed E-state index contributed by atoms with van der Waals surface area (Å²) in [5.74, 6) is 0.390. The number of nitrogens with zero attached hydrogens (tertiary/aromatic N) is 4. The third-order valence-corrected chi connectivity index (χ3v) is 5.93. The topological polar surface area (TPSA) is 131 Å². The van der Waals surface area contributed by atoms with Gasteiger partial charge in [0, 0.05) is 42.0 Å². The van der Waals surface area contributed by atoms with Crippen LogP contribution in [0.1, 0.15) is 33.7 Å². The number of ketones is 1. The molecule has 0 radical (unpaired) electrons. The molecule has 4 rings (SSSR count). The number of nitrogens with one attached hydrogen (secondary N) is 2. The number of nitrogens with two attached hydrogens (primary N) is 1. The Balaban J connectivity index is 1.59. The lowest BCUT2D eigenvalue weighted by atomic mass is 9.94. The van der Waals surface area contributed by atoms with E-state index in [0.717, 1.165) is 36.5 Å². The summed E-state index contributed by atoms with van der Waals surface area (Å²) >= 11 is 0. The number of Topliss-reactive ketones (excluding diaryl/α,β-unsaturated/α-hetero) is 1. The molecule has 34 heavy (non-hydrogen) atoms. The number of ether oxygens (including phenoxy) is 1. The number of rotatable bonds is 7. The van der Waals surface area contributed by atoms with Crippen LogP contribution in [0.3, 0.4) is 0 Å². The summed E-state index contributed by atoms with van der Waals surface area (Å²) < 4.78 is 7.65. The predicted molar refractivity (Wildman–Crippen MR) is 130 cm³/mol. The Morgan fingerprint density at radius 3 is 2.79 bits per heavy atom. The molecular formula is C25H27N7O2. The van der Waals surface area contributed by atoms with Gasteiger partial charge in [-0.2, -0.15) is 15.3 Å².